The zero-order valence-electron chi connectivity index (χ0n) is 13.0. The fraction of sp³-hybridized carbons (Fsp3) is 0.353. The molecule has 2 rings (SSSR count). The lowest BCUT2D eigenvalue weighted by atomic mass is 9.96. The topological polar surface area (TPSA) is 43.4 Å². The predicted molar refractivity (Wildman–Crippen MR) is 84.1 cm³/mol. The minimum Gasteiger partial charge on any atom is -0.496 e. The molecule has 1 unspecified atom stereocenters. The van der Waals surface area contributed by atoms with Crippen LogP contribution in [0.2, 0.25) is 0 Å². The van der Waals surface area contributed by atoms with E-state index < -0.39 is 0 Å². The summed E-state index contributed by atoms with van der Waals surface area (Å²) in [4.78, 5) is 4.57. The largest absolute Gasteiger partial charge is 0.496 e. The van der Waals surface area contributed by atoms with Crippen LogP contribution in [0.5, 0.6) is 11.5 Å². The molecule has 1 atom stereocenters. The summed E-state index contributed by atoms with van der Waals surface area (Å²) in [6, 6.07) is 9.80. The Morgan fingerprint density at radius 2 is 1.76 bits per heavy atom. The lowest BCUT2D eigenvalue weighted by molar-refractivity contribution is 0.378. The molecule has 0 spiro atoms. The molecule has 0 aliphatic carbocycles. The number of ether oxygens (including phenoxy) is 2. The van der Waals surface area contributed by atoms with E-state index in [0.29, 0.717) is 0 Å². The zero-order chi connectivity index (χ0) is 15.2. The first kappa shape index (κ1) is 15.3. The number of methoxy groups -OCH3 is 2. The van der Waals surface area contributed by atoms with E-state index in [0.717, 1.165) is 29.2 Å². The Morgan fingerprint density at radius 3 is 2.29 bits per heavy atom. The van der Waals surface area contributed by atoms with Crippen molar-refractivity contribution in [2.45, 2.75) is 19.4 Å². The standard InChI is InChI=1S/C17H22N2O2/c1-5-12-8-7-11-19-16(12)17(18-2)15-13(20-3)9-6-10-14(15)21-4/h6-11,17-18H,5H2,1-4H3. The molecule has 0 fully saturated rings. The van der Waals surface area contributed by atoms with Crippen LogP contribution in [-0.2, 0) is 6.42 Å². The SMILES string of the molecule is CCc1cccnc1C(NC)c1c(OC)cccc1OC. The molecule has 4 heteroatoms. The maximum absolute atomic E-state index is 5.52. The number of hydrogen-bond acceptors (Lipinski definition) is 4. The van der Waals surface area contributed by atoms with E-state index in [1.165, 1.54) is 5.56 Å². The summed E-state index contributed by atoms with van der Waals surface area (Å²) in [5.41, 5.74) is 3.19. The van der Waals surface area contributed by atoms with Gasteiger partial charge in [-0.15, -0.1) is 0 Å². The summed E-state index contributed by atoms with van der Waals surface area (Å²) < 4.78 is 11.0. The Kier molecular flexibility index (Phi) is 5.17. The quantitative estimate of drug-likeness (QED) is 0.886. The number of hydrogen-bond donors (Lipinski definition) is 1. The molecule has 4 nitrogen and oxygen atoms in total. The minimum absolute atomic E-state index is 0.0766. The fourth-order valence-corrected chi connectivity index (χ4v) is 2.59. The van der Waals surface area contributed by atoms with Crippen LogP contribution in [0.3, 0.4) is 0 Å². The second-order valence-corrected chi connectivity index (χ2v) is 4.70. The van der Waals surface area contributed by atoms with Crippen molar-refractivity contribution in [3.05, 3.63) is 53.3 Å². The highest BCUT2D eigenvalue weighted by molar-refractivity contribution is 5.50. The van der Waals surface area contributed by atoms with E-state index in [-0.39, 0.29) is 6.04 Å². The van der Waals surface area contributed by atoms with Crippen molar-refractivity contribution in [3.63, 3.8) is 0 Å². The van der Waals surface area contributed by atoms with Gasteiger partial charge in [-0.25, -0.2) is 0 Å². The third-order valence-electron chi connectivity index (χ3n) is 3.62. The summed E-state index contributed by atoms with van der Waals surface area (Å²) in [5, 5.41) is 3.34. The van der Waals surface area contributed by atoms with Crippen LogP contribution >= 0.6 is 0 Å². The monoisotopic (exact) mass is 286 g/mol. The molecule has 0 saturated heterocycles. The lowest BCUT2D eigenvalue weighted by Gasteiger charge is -2.23. The molecule has 112 valence electrons. The van der Waals surface area contributed by atoms with Gasteiger partial charge >= 0.3 is 0 Å². The van der Waals surface area contributed by atoms with E-state index in [1.807, 2.05) is 37.5 Å². The van der Waals surface area contributed by atoms with E-state index in [9.17, 15) is 0 Å². The summed E-state index contributed by atoms with van der Waals surface area (Å²) in [6.07, 6.45) is 2.75. The van der Waals surface area contributed by atoms with Crippen molar-refractivity contribution < 1.29 is 9.47 Å². The van der Waals surface area contributed by atoms with Crippen LogP contribution < -0.4 is 14.8 Å². The van der Waals surface area contributed by atoms with Gasteiger partial charge in [0.1, 0.15) is 11.5 Å². The second kappa shape index (κ2) is 7.09. The molecule has 0 bridgehead atoms. The predicted octanol–water partition coefficient (Wildman–Crippen LogP) is 2.97. The summed E-state index contributed by atoms with van der Waals surface area (Å²) in [6.45, 7) is 2.13. The first-order valence-corrected chi connectivity index (χ1v) is 7.08. The van der Waals surface area contributed by atoms with Crippen molar-refractivity contribution >= 4 is 0 Å². The highest BCUT2D eigenvalue weighted by atomic mass is 16.5. The highest BCUT2D eigenvalue weighted by Crippen LogP contribution is 2.37. The molecular formula is C17H22N2O2. The van der Waals surface area contributed by atoms with Gasteiger partial charge in [0.25, 0.3) is 0 Å². The first-order valence-electron chi connectivity index (χ1n) is 7.08. The molecule has 0 aliphatic rings. The van der Waals surface area contributed by atoms with Gasteiger partial charge in [-0.1, -0.05) is 19.1 Å². The van der Waals surface area contributed by atoms with Gasteiger partial charge in [-0.3, -0.25) is 4.98 Å². The van der Waals surface area contributed by atoms with Gasteiger partial charge < -0.3 is 14.8 Å². The normalized spacial score (nSPS) is 12.0. The van der Waals surface area contributed by atoms with E-state index >= 15 is 0 Å². The van der Waals surface area contributed by atoms with Gasteiger partial charge in [0, 0.05) is 6.20 Å². The van der Waals surface area contributed by atoms with Crippen LogP contribution in [0.4, 0.5) is 0 Å². The van der Waals surface area contributed by atoms with Crippen LogP contribution in [0, 0.1) is 0 Å². The van der Waals surface area contributed by atoms with Crippen molar-refractivity contribution in [2.75, 3.05) is 21.3 Å². The Hall–Kier alpha value is -2.07. The first-order chi connectivity index (χ1) is 10.3. The number of aryl methyl sites for hydroxylation is 1. The Balaban J connectivity index is 2.61. The molecule has 1 N–H and O–H groups in total. The van der Waals surface area contributed by atoms with Gasteiger partial charge in [0.2, 0.25) is 0 Å². The number of benzene rings is 1. The van der Waals surface area contributed by atoms with Gasteiger partial charge in [0.05, 0.1) is 31.5 Å². The molecule has 0 saturated carbocycles. The van der Waals surface area contributed by atoms with Crippen LogP contribution in [0.15, 0.2) is 36.5 Å². The van der Waals surface area contributed by atoms with E-state index in [1.54, 1.807) is 14.2 Å². The number of nitrogens with one attached hydrogen (secondary N) is 1. The molecule has 1 heterocycles. The minimum atomic E-state index is -0.0766. The summed E-state index contributed by atoms with van der Waals surface area (Å²) >= 11 is 0. The number of aromatic nitrogens is 1. The van der Waals surface area contributed by atoms with Gasteiger partial charge in [-0.05, 0) is 37.2 Å². The maximum atomic E-state index is 5.52. The molecule has 0 aliphatic heterocycles. The Labute approximate surface area is 126 Å². The van der Waals surface area contributed by atoms with Crippen LogP contribution in [0.1, 0.15) is 29.8 Å². The molecule has 2 aromatic rings. The van der Waals surface area contributed by atoms with Crippen molar-refractivity contribution in [1.82, 2.24) is 10.3 Å². The number of rotatable bonds is 6. The lowest BCUT2D eigenvalue weighted by Crippen LogP contribution is -2.22. The third-order valence-corrected chi connectivity index (χ3v) is 3.62. The number of nitrogens with zero attached hydrogens (tertiary/aromatic N) is 1. The van der Waals surface area contributed by atoms with Gasteiger partial charge in [-0.2, -0.15) is 0 Å². The molecule has 0 amide bonds. The zero-order valence-corrected chi connectivity index (χ0v) is 13.0. The van der Waals surface area contributed by atoms with Crippen molar-refractivity contribution in [1.29, 1.82) is 0 Å². The maximum Gasteiger partial charge on any atom is 0.127 e. The van der Waals surface area contributed by atoms with Crippen LogP contribution in [0.25, 0.3) is 0 Å². The second-order valence-electron chi connectivity index (χ2n) is 4.70. The average Bonchev–Trinajstić information content (AvgIpc) is 2.56. The van der Waals surface area contributed by atoms with E-state index in [4.69, 9.17) is 9.47 Å². The molecule has 21 heavy (non-hydrogen) atoms. The highest BCUT2D eigenvalue weighted by Gasteiger charge is 2.24. The Morgan fingerprint density at radius 1 is 1.10 bits per heavy atom. The van der Waals surface area contributed by atoms with Crippen LogP contribution in [-0.4, -0.2) is 26.3 Å². The molecule has 1 aromatic heterocycles. The summed E-state index contributed by atoms with van der Waals surface area (Å²) in [7, 11) is 5.26. The van der Waals surface area contributed by atoms with Crippen molar-refractivity contribution in [3.8, 4) is 11.5 Å². The Bertz CT molecular complexity index is 577. The molecule has 1 aromatic carbocycles. The van der Waals surface area contributed by atoms with Crippen molar-refractivity contribution in [2.24, 2.45) is 0 Å². The number of pyridine rings is 1. The van der Waals surface area contributed by atoms with E-state index in [2.05, 4.69) is 23.3 Å². The average molecular weight is 286 g/mol. The summed E-state index contributed by atoms with van der Waals surface area (Å²) in [5.74, 6) is 1.59. The fourth-order valence-electron chi connectivity index (χ4n) is 2.59. The smallest absolute Gasteiger partial charge is 0.127 e. The van der Waals surface area contributed by atoms with Gasteiger partial charge in [0.15, 0.2) is 0 Å². The molecular weight excluding hydrogens is 264 g/mol. The molecule has 0 radical (unpaired) electrons. The third kappa shape index (κ3) is 3.00.